The van der Waals surface area contributed by atoms with E-state index in [0.29, 0.717) is 11.3 Å². The van der Waals surface area contributed by atoms with Crippen LogP contribution in [-0.2, 0) is 4.79 Å². The van der Waals surface area contributed by atoms with Gasteiger partial charge in [-0.3, -0.25) is 9.59 Å². The molecule has 33 heavy (non-hydrogen) atoms. The van der Waals surface area contributed by atoms with Crippen LogP contribution in [-0.4, -0.2) is 51.1 Å². The molecule has 0 unspecified atom stereocenters. The minimum atomic E-state index is -0.520. The normalized spacial score (nSPS) is 14.3. The predicted molar refractivity (Wildman–Crippen MR) is 135 cm³/mol. The van der Waals surface area contributed by atoms with Crippen molar-refractivity contribution < 1.29 is 14.3 Å². The summed E-state index contributed by atoms with van der Waals surface area (Å²) in [6, 6.07) is 13.6. The Morgan fingerprint density at radius 2 is 1.55 bits per heavy atom. The van der Waals surface area contributed by atoms with Gasteiger partial charge in [-0.1, -0.05) is 32.9 Å². The van der Waals surface area contributed by atoms with Crippen molar-refractivity contribution in [3.05, 3.63) is 48.0 Å². The molecule has 1 aliphatic heterocycles. The molecule has 0 saturated carbocycles. The molecule has 0 radical (unpaired) electrons. The summed E-state index contributed by atoms with van der Waals surface area (Å²) in [6.45, 7) is 12.6. The minimum Gasteiger partial charge on any atom is -0.495 e. The van der Waals surface area contributed by atoms with E-state index in [0.717, 1.165) is 43.3 Å². The van der Waals surface area contributed by atoms with Gasteiger partial charge in [-0.25, -0.2) is 0 Å². The van der Waals surface area contributed by atoms with Crippen LogP contribution in [0.1, 0.15) is 45.0 Å². The molecule has 0 aromatic heterocycles. The zero-order chi connectivity index (χ0) is 24.2. The van der Waals surface area contributed by atoms with Gasteiger partial charge in [0.05, 0.1) is 18.4 Å². The lowest BCUT2D eigenvalue weighted by Crippen LogP contribution is -2.47. The monoisotopic (exact) mass is 452 g/mol. The Hall–Kier alpha value is -3.22. The van der Waals surface area contributed by atoms with E-state index >= 15 is 0 Å². The largest absolute Gasteiger partial charge is 0.495 e. The third kappa shape index (κ3) is 5.97. The first-order chi connectivity index (χ1) is 15.6. The van der Waals surface area contributed by atoms with Gasteiger partial charge in [-0.15, -0.1) is 0 Å². The number of ether oxygens (including phenoxy) is 1. The zero-order valence-electron chi connectivity index (χ0n) is 20.6. The molecule has 3 rings (SSSR count). The molecule has 2 aromatic rings. The van der Waals surface area contributed by atoms with E-state index in [-0.39, 0.29) is 17.9 Å². The second kappa shape index (κ2) is 10.1. The molecule has 2 N–H and O–H groups in total. The highest BCUT2D eigenvalue weighted by Crippen LogP contribution is 2.31. The number of para-hydroxylation sites is 2. The van der Waals surface area contributed by atoms with Gasteiger partial charge in [-0.2, -0.15) is 0 Å². The maximum absolute atomic E-state index is 13.0. The number of anilines is 3. The van der Waals surface area contributed by atoms with E-state index < -0.39 is 5.41 Å². The lowest BCUT2D eigenvalue weighted by atomic mass is 9.95. The molecule has 2 amide bonds. The van der Waals surface area contributed by atoms with E-state index in [1.54, 1.807) is 13.2 Å². The van der Waals surface area contributed by atoms with Crippen LogP contribution in [0.4, 0.5) is 17.1 Å². The molecular formula is C26H36N4O3. The second-order valence-electron chi connectivity index (χ2n) is 9.71. The molecule has 178 valence electrons. The van der Waals surface area contributed by atoms with E-state index in [1.165, 1.54) is 0 Å². The summed E-state index contributed by atoms with van der Waals surface area (Å²) in [5, 5.41) is 5.94. The number of piperazine rings is 1. The van der Waals surface area contributed by atoms with Crippen molar-refractivity contribution in [1.82, 2.24) is 5.32 Å². The molecule has 7 heteroatoms. The Kier molecular flexibility index (Phi) is 7.51. The Morgan fingerprint density at radius 1 is 0.939 bits per heavy atom. The average Bonchev–Trinajstić information content (AvgIpc) is 2.78. The lowest BCUT2D eigenvalue weighted by Gasteiger charge is -2.38. The summed E-state index contributed by atoms with van der Waals surface area (Å²) in [5.41, 5.74) is 2.63. The SMILES string of the molecule is COc1ccccc1N1CCN(c2ccc(NC(=O)C(C)(C)C)cc2C(=O)NC(C)C)CC1. The minimum absolute atomic E-state index is 0.0144. The number of hydrogen-bond donors (Lipinski definition) is 2. The van der Waals surface area contributed by atoms with Crippen molar-refractivity contribution in [2.75, 3.05) is 48.4 Å². The van der Waals surface area contributed by atoms with Crippen LogP contribution in [0.2, 0.25) is 0 Å². The maximum atomic E-state index is 13.0. The number of hydrogen-bond acceptors (Lipinski definition) is 5. The van der Waals surface area contributed by atoms with Crippen LogP contribution in [0, 0.1) is 5.41 Å². The Bertz CT molecular complexity index is 989. The molecule has 0 aliphatic carbocycles. The molecule has 1 aliphatic rings. The average molecular weight is 453 g/mol. The summed E-state index contributed by atoms with van der Waals surface area (Å²) in [4.78, 5) is 30.0. The van der Waals surface area contributed by atoms with Gasteiger partial charge in [0, 0.05) is 49.0 Å². The molecule has 1 fully saturated rings. The van der Waals surface area contributed by atoms with Crippen molar-refractivity contribution in [2.45, 2.75) is 40.7 Å². The first kappa shape index (κ1) is 24.4. The number of nitrogens with one attached hydrogen (secondary N) is 2. The number of carbonyl (C=O) groups is 2. The second-order valence-corrected chi connectivity index (χ2v) is 9.71. The van der Waals surface area contributed by atoms with Crippen molar-refractivity contribution in [2.24, 2.45) is 5.41 Å². The fourth-order valence-corrected chi connectivity index (χ4v) is 3.81. The third-order valence-electron chi connectivity index (χ3n) is 5.65. The standard InChI is InChI=1S/C26H36N4O3/c1-18(2)27-24(31)20-17-19(28-25(32)26(3,4)5)11-12-21(20)29-13-15-30(16-14-29)22-9-7-8-10-23(22)33-6/h7-12,17-18H,13-16H2,1-6H3,(H,27,31)(H,28,32). The van der Waals surface area contributed by atoms with E-state index in [4.69, 9.17) is 4.74 Å². The highest BCUT2D eigenvalue weighted by atomic mass is 16.5. The number of carbonyl (C=O) groups excluding carboxylic acids is 2. The van der Waals surface area contributed by atoms with Crippen molar-refractivity contribution in [3.63, 3.8) is 0 Å². The molecule has 2 aromatic carbocycles. The first-order valence-corrected chi connectivity index (χ1v) is 11.5. The first-order valence-electron chi connectivity index (χ1n) is 11.5. The van der Waals surface area contributed by atoms with Crippen LogP contribution in [0.5, 0.6) is 5.75 Å². The van der Waals surface area contributed by atoms with E-state index in [9.17, 15) is 9.59 Å². The fourth-order valence-electron chi connectivity index (χ4n) is 3.81. The van der Waals surface area contributed by atoms with Crippen LogP contribution in [0.3, 0.4) is 0 Å². The number of methoxy groups -OCH3 is 1. The summed E-state index contributed by atoms with van der Waals surface area (Å²) >= 11 is 0. The zero-order valence-corrected chi connectivity index (χ0v) is 20.6. The van der Waals surface area contributed by atoms with Gasteiger partial charge in [0.1, 0.15) is 5.75 Å². The van der Waals surface area contributed by atoms with Crippen LogP contribution < -0.4 is 25.2 Å². The number of rotatable bonds is 6. The van der Waals surface area contributed by atoms with Crippen molar-refractivity contribution in [1.29, 1.82) is 0 Å². The molecule has 1 saturated heterocycles. The quantitative estimate of drug-likeness (QED) is 0.689. The topological polar surface area (TPSA) is 73.9 Å². The van der Waals surface area contributed by atoms with Crippen LogP contribution in [0.15, 0.2) is 42.5 Å². The highest BCUT2D eigenvalue weighted by Gasteiger charge is 2.25. The lowest BCUT2D eigenvalue weighted by molar-refractivity contribution is -0.123. The van der Waals surface area contributed by atoms with Crippen LogP contribution in [0.25, 0.3) is 0 Å². The summed E-state index contributed by atoms with van der Waals surface area (Å²) in [6.07, 6.45) is 0. The van der Waals surface area contributed by atoms with Crippen LogP contribution >= 0.6 is 0 Å². The highest BCUT2D eigenvalue weighted by molar-refractivity contribution is 6.02. The third-order valence-corrected chi connectivity index (χ3v) is 5.65. The van der Waals surface area contributed by atoms with Crippen molar-refractivity contribution in [3.8, 4) is 5.75 Å². The summed E-state index contributed by atoms with van der Waals surface area (Å²) in [5.74, 6) is 0.636. The molecule has 0 spiro atoms. The Balaban J connectivity index is 1.83. The molecule has 0 atom stereocenters. The van der Waals surface area contributed by atoms with Gasteiger partial charge in [0.2, 0.25) is 5.91 Å². The number of amides is 2. The smallest absolute Gasteiger partial charge is 0.253 e. The number of nitrogens with zero attached hydrogens (tertiary/aromatic N) is 2. The molecular weight excluding hydrogens is 416 g/mol. The molecule has 7 nitrogen and oxygen atoms in total. The van der Waals surface area contributed by atoms with E-state index in [1.807, 2.05) is 65.0 Å². The van der Waals surface area contributed by atoms with Gasteiger partial charge in [0.25, 0.3) is 5.91 Å². The fraction of sp³-hybridized carbons (Fsp3) is 0.462. The van der Waals surface area contributed by atoms with Gasteiger partial charge < -0.3 is 25.2 Å². The summed E-state index contributed by atoms with van der Waals surface area (Å²) in [7, 11) is 1.69. The predicted octanol–water partition coefficient (Wildman–Crippen LogP) is 4.14. The van der Waals surface area contributed by atoms with E-state index in [2.05, 4.69) is 26.5 Å². The molecule has 1 heterocycles. The van der Waals surface area contributed by atoms with Gasteiger partial charge in [0.15, 0.2) is 0 Å². The van der Waals surface area contributed by atoms with Gasteiger partial charge in [-0.05, 0) is 44.2 Å². The van der Waals surface area contributed by atoms with Gasteiger partial charge >= 0.3 is 0 Å². The number of benzene rings is 2. The summed E-state index contributed by atoms with van der Waals surface area (Å²) < 4.78 is 5.52. The molecule has 0 bridgehead atoms. The Labute approximate surface area is 197 Å². The van der Waals surface area contributed by atoms with Crippen molar-refractivity contribution >= 4 is 28.9 Å². The Morgan fingerprint density at radius 3 is 2.12 bits per heavy atom. The maximum Gasteiger partial charge on any atom is 0.253 e.